The lowest BCUT2D eigenvalue weighted by Crippen LogP contribution is -2.30. The number of nitrogens with zero attached hydrogens (tertiary/aromatic N) is 1. The zero-order valence-electron chi connectivity index (χ0n) is 8.87. The number of carbonyl (C=O) groups is 1. The van der Waals surface area contributed by atoms with Crippen molar-refractivity contribution < 1.29 is 13.9 Å². The van der Waals surface area contributed by atoms with Crippen molar-refractivity contribution in [1.29, 1.82) is 0 Å². The second-order valence-electron chi connectivity index (χ2n) is 3.07. The number of ether oxygens (including phenoxy) is 1. The summed E-state index contributed by atoms with van der Waals surface area (Å²) < 4.78 is 17.9. The Bertz CT molecular complexity index is 341. The van der Waals surface area contributed by atoms with Gasteiger partial charge in [-0.25, -0.2) is 4.39 Å². The normalized spacial score (nSPS) is 10.1. The van der Waals surface area contributed by atoms with Gasteiger partial charge in [0, 0.05) is 19.3 Å². The lowest BCUT2D eigenvalue weighted by atomic mass is 10.3. The molecular formula is C11H14FNO2. The van der Waals surface area contributed by atoms with E-state index in [1.54, 1.807) is 19.2 Å². The van der Waals surface area contributed by atoms with E-state index in [4.69, 9.17) is 4.74 Å². The van der Waals surface area contributed by atoms with E-state index in [0.717, 1.165) is 0 Å². The second kappa shape index (κ2) is 5.46. The molecule has 1 aromatic rings. The topological polar surface area (TPSA) is 29.5 Å². The van der Waals surface area contributed by atoms with Gasteiger partial charge in [0.1, 0.15) is 12.4 Å². The monoisotopic (exact) mass is 211 g/mol. The Kier molecular flexibility index (Phi) is 4.24. The van der Waals surface area contributed by atoms with E-state index in [0.29, 0.717) is 12.3 Å². The van der Waals surface area contributed by atoms with Gasteiger partial charge in [-0.15, -0.1) is 0 Å². The summed E-state index contributed by atoms with van der Waals surface area (Å²) in [4.78, 5) is 12.9. The fourth-order valence-corrected chi connectivity index (χ4v) is 1.11. The number of carbonyl (C=O) groups excluding carboxylic acids is 1. The van der Waals surface area contributed by atoms with Crippen LogP contribution in [0.1, 0.15) is 6.92 Å². The number of benzene rings is 1. The van der Waals surface area contributed by atoms with Crippen molar-refractivity contribution in [2.45, 2.75) is 6.92 Å². The molecule has 0 unspecified atom stereocenters. The fraction of sp³-hybridized carbons (Fsp3) is 0.364. The zero-order valence-corrected chi connectivity index (χ0v) is 8.87. The molecule has 15 heavy (non-hydrogen) atoms. The molecule has 0 aliphatic heterocycles. The number of hydrogen-bond donors (Lipinski definition) is 0. The molecule has 0 radical (unpaired) electrons. The molecule has 0 saturated carbocycles. The summed E-state index contributed by atoms with van der Waals surface area (Å²) in [6.45, 7) is 2.32. The quantitative estimate of drug-likeness (QED) is 0.760. The third-order valence-corrected chi connectivity index (χ3v) is 2.00. The van der Waals surface area contributed by atoms with Crippen LogP contribution in [0.2, 0.25) is 0 Å². The first kappa shape index (κ1) is 11.7. The van der Waals surface area contributed by atoms with Crippen LogP contribution >= 0.6 is 0 Å². The molecule has 0 aliphatic rings. The summed E-state index contributed by atoms with van der Waals surface area (Å²) in [7, 11) is 1.59. The second-order valence-corrected chi connectivity index (χ2v) is 3.07. The van der Waals surface area contributed by atoms with Gasteiger partial charge >= 0.3 is 0 Å². The van der Waals surface area contributed by atoms with Gasteiger partial charge in [0.25, 0.3) is 5.91 Å². The number of halogens is 1. The van der Waals surface area contributed by atoms with Crippen molar-refractivity contribution in [3.8, 4) is 0 Å². The third kappa shape index (κ3) is 3.32. The van der Waals surface area contributed by atoms with Crippen molar-refractivity contribution in [3.05, 3.63) is 30.1 Å². The molecule has 0 aromatic heterocycles. The van der Waals surface area contributed by atoms with Crippen molar-refractivity contribution >= 4 is 11.6 Å². The molecule has 1 rings (SSSR count). The van der Waals surface area contributed by atoms with Crippen LogP contribution in [0.4, 0.5) is 10.1 Å². The number of likely N-dealkylation sites (N-methyl/N-ethyl adjacent to an activating group) is 1. The highest BCUT2D eigenvalue weighted by molar-refractivity contribution is 5.93. The maximum Gasteiger partial charge on any atom is 0.252 e. The van der Waals surface area contributed by atoms with Crippen molar-refractivity contribution in [1.82, 2.24) is 0 Å². The molecule has 0 N–H and O–H groups in total. The standard InChI is InChI=1S/C11H14FNO2/c1-3-15-8-11(14)13(2)10-6-4-5-9(12)7-10/h4-7H,3,8H2,1-2H3. The van der Waals surface area contributed by atoms with Crippen molar-refractivity contribution in [2.75, 3.05) is 25.2 Å². The zero-order chi connectivity index (χ0) is 11.3. The van der Waals surface area contributed by atoms with Crippen LogP contribution in [0.5, 0.6) is 0 Å². The van der Waals surface area contributed by atoms with Crippen LogP contribution in [0, 0.1) is 5.82 Å². The van der Waals surface area contributed by atoms with Crippen LogP contribution in [-0.4, -0.2) is 26.2 Å². The average Bonchev–Trinajstić information content (AvgIpc) is 2.24. The Labute approximate surface area is 88.5 Å². The summed E-state index contributed by atoms with van der Waals surface area (Å²) in [5.41, 5.74) is 0.528. The van der Waals surface area contributed by atoms with Crippen LogP contribution < -0.4 is 4.90 Å². The SMILES string of the molecule is CCOCC(=O)N(C)c1cccc(F)c1. The number of hydrogen-bond acceptors (Lipinski definition) is 2. The van der Waals surface area contributed by atoms with Crippen LogP contribution in [-0.2, 0) is 9.53 Å². The number of amides is 1. The van der Waals surface area contributed by atoms with Gasteiger partial charge in [0.15, 0.2) is 0 Å². The van der Waals surface area contributed by atoms with E-state index >= 15 is 0 Å². The predicted molar refractivity (Wildman–Crippen MR) is 56.3 cm³/mol. The molecule has 0 atom stereocenters. The van der Waals surface area contributed by atoms with Crippen molar-refractivity contribution in [2.24, 2.45) is 0 Å². The Morgan fingerprint density at radius 1 is 1.53 bits per heavy atom. The van der Waals surface area contributed by atoms with E-state index in [-0.39, 0.29) is 18.3 Å². The first-order valence-corrected chi connectivity index (χ1v) is 4.75. The fourth-order valence-electron chi connectivity index (χ4n) is 1.11. The molecule has 0 aliphatic carbocycles. The Balaban J connectivity index is 2.67. The van der Waals surface area contributed by atoms with Gasteiger partial charge in [-0.3, -0.25) is 4.79 Å². The van der Waals surface area contributed by atoms with E-state index in [1.807, 2.05) is 6.92 Å². The molecule has 0 heterocycles. The summed E-state index contributed by atoms with van der Waals surface area (Å²) in [6.07, 6.45) is 0. The van der Waals surface area contributed by atoms with E-state index in [1.165, 1.54) is 17.0 Å². The maximum atomic E-state index is 12.9. The molecule has 3 nitrogen and oxygen atoms in total. The highest BCUT2D eigenvalue weighted by atomic mass is 19.1. The Morgan fingerprint density at radius 2 is 2.27 bits per heavy atom. The van der Waals surface area contributed by atoms with Crippen LogP contribution in [0.15, 0.2) is 24.3 Å². The minimum atomic E-state index is -0.358. The molecule has 0 spiro atoms. The van der Waals surface area contributed by atoms with E-state index < -0.39 is 0 Å². The maximum absolute atomic E-state index is 12.9. The van der Waals surface area contributed by atoms with E-state index in [2.05, 4.69) is 0 Å². The molecule has 4 heteroatoms. The van der Waals surface area contributed by atoms with Gasteiger partial charge in [0.05, 0.1) is 0 Å². The molecule has 0 saturated heterocycles. The minimum absolute atomic E-state index is 0.0174. The Hall–Kier alpha value is -1.42. The molecular weight excluding hydrogens is 197 g/mol. The molecule has 0 bridgehead atoms. The third-order valence-electron chi connectivity index (χ3n) is 2.00. The number of rotatable bonds is 4. The largest absolute Gasteiger partial charge is 0.372 e. The molecule has 1 amide bonds. The van der Waals surface area contributed by atoms with Gasteiger partial charge in [-0.05, 0) is 25.1 Å². The first-order chi connectivity index (χ1) is 7.15. The number of anilines is 1. The molecule has 1 aromatic carbocycles. The smallest absolute Gasteiger partial charge is 0.252 e. The highest BCUT2D eigenvalue weighted by Crippen LogP contribution is 2.13. The summed E-state index contributed by atoms with van der Waals surface area (Å²) >= 11 is 0. The van der Waals surface area contributed by atoms with E-state index in [9.17, 15) is 9.18 Å². The van der Waals surface area contributed by atoms with Gasteiger partial charge in [0.2, 0.25) is 0 Å². The predicted octanol–water partition coefficient (Wildman–Crippen LogP) is 1.83. The summed E-state index contributed by atoms with van der Waals surface area (Å²) in [5.74, 6) is -0.550. The van der Waals surface area contributed by atoms with Gasteiger partial charge in [-0.2, -0.15) is 0 Å². The Morgan fingerprint density at radius 3 is 2.87 bits per heavy atom. The first-order valence-electron chi connectivity index (χ1n) is 4.75. The van der Waals surface area contributed by atoms with Gasteiger partial charge in [-0.1, -0.05) is 6.07 Å². The van der Waals surface area contributed by atoms with Crippen LogP contribution in [0.25, 0.3) is 0 Å². The van der Waals surface area contributed by atoms with Crippen LogP contribution in [0.3, 0.4) is 0 Å². The lowest BCUT2D eigenvalue weighted by molar-refractivity contribution is -0.122. The average molecular weight is 211 g/mol. The lowest BCUT2D eigenvalue weighted by Gasteiger charge is -2.16. The highest BCUT2D eigenvalue weighted by Gasteiger charge is 2.10. The van der Waals surface area contributed by atoms with Gasteiger partial charge < -0.3 is 9.64 Å². The van der Waals surface area contributed by atoms with Crippen molar-refractivity contribution in [3.63, 3.8) is 0 Å². The summed E-state index contributed by atoms with van der Waals surface area (Å²) in [6, 6.07) is 5.89. The minimum Gasteiger partial charge on any atom is -0.372 e. The molecule has 82 valence electrons. The molecule has 0 fully saturated rings. The summed E-state index contributed by atoms with van der Waals surface area (Å²) in [5, 5.41) is 0.